The smallest absolute Gasteiger partial charge is 0.339 e. The minimum Gasteiger partial charge on any atom is -0.478 e. The van der Waals surface area contributed by atoms with Gasteiger partial charge in [-0.1, -0.05) is 56.6 Å². The van der Waals surface area contributed by atoms with Crippen LogP contribution in [0.25, 0.3) is 11.1 Å². The molecule has 0 radical (unpaired) electrons. The SMILES string of the molecule is CC(C)(C)c1sc(NCCCc2cccc(F)c2)c(C(=O)O)c1-c1ccc(Cl)cc1. The van der Waals surface area contributed by atoms with E-state index in [2.05, 4.69) is 26.1 Å². The average Bonchev–Trinajstić information content (AvgIpc) is 3.06. The molecule has 3 nitrogen and oxygen atoms in total. The molecule has 158 valence electrons. The molecule has 0 saturated carbocycles. The Balaban J connectivity index is 1.88. The van der Waals surface area contributed by atoms with Crippen molar-refractivity contribution in [2.75, 3.05) is 11.9 Å². The number of aryl methyl sites for hydroxylation is 1. The fourth-order valence-corrected chi connectivity index (χ4v) is 4.79. The molecule has 2 aromatic carbocycles. The molecule has 0 amide bonds. The second-order valence-corrected chi connectivity index (χ2v) is 9.69. The lowest BCUT2D eigenvalue weighted by atomic mass is 9.87. The van der Waals surface area contributed by atoms with Crippen LogP contribution in [0.5, 0.6) is 0 Å². The van der Waals surface area contributed by atoms with Crippen LogP contribution in [0.3, 0.4) is 0 Å². The Morgan fingerprint density at radius 1 is 1.17 bits per heavy atom. The molecule has 2 N–H and O–H groups in total. The van der Waals surface area contributed by atoms with Gasteiger partial charge in [0.1, 0.15) is 16.4 Å². The molecule has 3 rings (SSSR count). The predicted molar refractivity (Wildman–Crippen MR) is 124 cm³/mol. The molecule has 30 heavy (non-hydrogen) atoms. The van der Waals surface area contributed by atoms with Gasteiger partial charge in [0.05, 0.1) is 0 Å². The van der Waals surface area contributed by atoms with Gasteiger partial charge in [-0.15, -0.1) is 11.3 Å². The predicted octanol–water partition coefficient (Wildman–Crippen LogP) is 7.25. The summed E-state index contributed by atoms with van der Waals surface area (Å²) in [6.07, 6.45) is 1.48. The third-order valence-electron chi connectivity index (χ3n) is 4.75. The molecule has 0 bridgehead atoms. The minimum atomic E-state index is -0.959. The molecule has 0 aliphatic carbocycles. The number of nitrogens with one attached hydrogen (secondary N) is 1. The summed E-state index contributed by atoms with van der Waals surface area (Å²) in [5.74, 6) is -1.20. The van der Waals surface area contributed by atoms with E-state index in [0.717, 1.165) is 28.0 Å². The van der Waals surface area contributed by atoms with Gasteiger partial charge in [0.25, 0.3) is 0 Å². The minimum absolute atomic E-state index is 0.217. The number of carboxylic acid groups (broad SMARTS) is 1. The Kier molecular flexibility index (Phi) is 6.84. The van der Waals surface area contributed by atoms with Gasteiger partial charge < -0.3 is 10.4 Å². The van der Waals surface area contributed by atoms with Gasteiger partial charge in [0.15, 0.2) is 0 Å². The Morgan fingerprint density at radius 2 is 1.87 bits per heavy atom. The number of carboxylic acids is 1. The zero-order chi connectivity index (χ0) is 21.9. The fraction of sp³-hybridized carbons (Fsp3) is 0.292. The standard InChI is InChI=1S/C24H25ClFNO2S/c1-24(2,3)21-19(16-9-11-17(25)12-10-16)20(23(28)29)22(30-21)27-13-5-7-15-6-4-8-18(26)14-15/h4,6,8-12,14,27H,5,7,13H2,1-3H3,(H,28,29). The number of thiophene rings is 1. The van der Waals surface area contributed by atoms with Gasteiger partial charge in [0.2, 0.25) is 0 Å². The zero-order valence-corrected chi connectivity index (χ0v) is 18.8. The maximum atomic E-state index is 13.3. The lowest BCUT2D eigenvalue weighted by Gasteiger charge is -2.19. The molecular formula is C24H25ClFNO2S. The summed E-state index contributed by atoms with van der Waals surface area (Å²) in [5, 5.41) is 14.6. The van der Waals surface area contributed by atoms with Crippen LogP contribution in [0.2, 0.25) is 5.02 Å². The van der Waals surface area contributed by atoms with Crippen molar-refractivity contribution < 1.29 is 14.3 Å². The van der Waals surface area contributed by atoms with E-state index in [4.69, 9.17) is 11.6 Å². The van der Waals surface area contributed by atoms with E-state index in [9.17, 15) is 14.3 Å². The van der Waals surface area contributed by atoms with E-state index in [1.807, 2.05) is 18.2 Å². The highest BCUT2D eigenvalue weighted by atomic mass is 35.5. The monoisotopic (exact) mass is 445 g/mol. The van der Waals surface area contributed by atoms with Crippen molar-refractivity contribution in [2.45, 2.75) is 39.0 Å². The first-order valence-electron chi connectivity index (χ1n) is 9.81. The maximum absolute atomic E-state index is 13.3. The van der Waals surface area contributed by atoms with E-state index in [1.54, 1.807) is 18.2 Å². The summed E-state index contributed by atoms with van der Waals surface area (Å²) in [6, 6.07) is 13.8. The molecule has 0 aliphatic rings. The summed E-state index contributed by atoms with van der Waals surface area (Å²) >= 11 is 7.52. The maximum Gasteiger partial charge on any atom is 0.339 e. The lowest BCUT2D eigenvalue weighted by Crippen LogP contribution is -2.11. The Morgan fingerprint density at radius 3 is 2.47 bits per heavy atom. The molecule has 3 aromatic rings. The molecule has 0 unspecified atom stereocenters. The van der Waals surface area contributed by atoms with Crippen LogP contribution in [0.15, 0.2) is 48.5 Å². The number of rotatable bonds is 7. The van der Waals surface area contributed by atoms with Gasteiger partial charge >= 0.3 is 5.97 Å². The van der Waals surface area contributed by atoms with E-state index < -0.39 is 5.97 Å². The second kappa shape index (κ2) is 9.19. The van der Waals surface area contributed by atoms with Gasteiger partial charge in [-0.2, -0.15) is 0 Å². The van der Waals surface area contributed by atoms with Crippen LogP contribution >= 0.6 is 22.9 Å². The average molecular weight is 446 g/mol. The highest BCUT2D eigenvalue weighted by Gasteiger charge is 2.30. The number of carbonyl (C=O) groups is 1. The van der Waals surface area contributed by atoms with Crippen molar-refractivity contribution in [3.8, 4) is 11.1 Å². The van der Waals surface area contributed by atoms with Crippen molar-refractivity contribution in [3.63, 3.8) is 0 Å². The molecule has 1 heterocycles. The molecule has 0 spiro atoms. The number of aromatic carboxylic acids is 1. The number of benzene rings is 2. The summed E-state index contributed by atoms with van der Waals surface area (Å²) in [6.45, 7) is 6.84. The van der Waals surface area contributed by atoms with Crippen LogP contribution in [0.1, 0.15) is 48.0 Å². The topological polar surface area (TPSA) is 49.3 Å². The van der Waals surface area contributed by atoms with Crippen molar-refractivity contribution in [1.82, 2.24) is 0 Å². The molecular weight excluding hydrogens is 421 g/mol. The summed E-state index contributed by atoms with van der Waals surface area (Å²) in [7, 11) is 0. The van der Waals surface area contributed by atoms with Gasteiger partial charge in [-0.05, 0) is 53.6 Å². The number of hydrogen-bond acceptors (Lipinski definition) is 3. The lowest BCUT2D eigenvalue weighted by molar-refractivity contribution is 0.0699. The number of hydrogen-bond donors (Lipinski definition) is 2. The van der Waals surface area contributed by atoms with Gasteiger partial charge in [0, 0.05) is 22.0 Å². The molecule has 1 aromatic heterocycles. The normalized spacial score (nSPS) is 11.5. The zero-order valence-electron chi connectivity index (χ0n) is 17.3. The molecule has 0 fully saturated rings. The van der Waals surface area contributed by atoms with Crippen LogP contribution in [0.4, 0.5) is 9.39 Å². The van der Waals surface area contributed by atoms with Crippen molar-refractivity contribution in [3.05, 3.63) is 75.4 Å². The first-order valence-corrected chi connectivity index (χ1v) is 11.0. The molecule has 0 aliphatic heterocycles. The highest BCUT2D eigenvalue weighted by molar-refractivity contribution is 7.17. The van der Waals surface area contributed by atoms with E-state index in [-0.39, 0.29) is 16.8 Å². The summed E-state index contributed by atoms with van der Waals surface area (Å²) in [5.41, 5.74) is 2.58. The first kappa shape index (κ1) is 22.3. The summed E-state index contributed by atoms with van der Waals surface area (Å²) < 4.78 is 13.3. The Labute approximate surface area is 185 Å². The van der Waals surface area contributed by atoms with Gasteiger partial charge in [-0.3, -0.25) is 0 Å². The van der Waals surface area contributed by atoms with Crippen molar-refractivity contribution in [2.24, 2.45) is 0 Å². The second-order valence-electron chi connectivity index (χ2n) is 8.23. The highest BCUT2D eigenvalue weighted by Crippen LogP contribution is 2.46. The van der Waals surface area contributed by atoms with Crippen LogP contribution in [0, 0.1) is 5.82 Å². The number of halogens is 2. The quantitative estimate of drug-likeness (QED) is 0.376. The summed E-state index contributed by atoms with van der Waals surface area (Å²) in [4.78, 5) is 13.2. The van der Waals surface area contributed by atoms with Crippen LogP contribution in [-0.4, -0.2) is 17.6 Å². The van der Waals surface area contributed by atoms with Crippen LogP contribution < -0.4 is 5.32 Å². The van der Waals surface area contributed by atoms with E-state index in [0.29, 0.717) is 23.0 Å². The number of anilines is 1. The Hall–Kier alpha value is -2.37. The first-order chi connectivity index (χ1) is 14.2. The largest absolute Gasteiger partial charge is 0.478 e. The van der Waals surface area contributed by atoms with E-state index in [1.165, 1.54) is 23.5 Å². The van der Waals surface area contributed by atoms with Crippen LogP contribution in [-0.2, 0) is 11.8 Å². The molecule has 0 saturated heterocycles. The van der Waals surface area contributed by atoms with Gasteiger partial charge in [-0.25, -0.2) is 9.18 Å². The van der Waals surface area contributed by atoms with Crippen molar-refractivity contribution in [1.29, 1.82) is 0 Å². The molecule has 0 atom stereocenters. The van der Waals surface area contributed by atoms with E-state index >= 15 is 0 Å². The Bertz CT molecular complexity index is 1040. The third-order valence-corrected chi connectivity index (χ3v) is 6.58. The fourth-order valence-electron chi connectivity index (χ4n) is 3.37. The van der Waals surface area contributed by atoms with Crippen molar-refractivity contribution >= 4 is 33.9 Å². The third kappa shape index (κ3) is 5.21. The molecule has 6 heteroatoms.